The van der Waals surface area contributed by atoms with E-state index in [1.54, 1.807) is 30.2 Å². The average Bonchev–Trinajstić information content (AvgIpc) is 2.69. The monoisotopic (exact) mass is 253 g/mol. The Morgan fingerprint density at radius 3 is 2.88 bits per heavy atom. The summed E-state index contributed by atoms with van der Waals surface area (Å²) in [7, 11) is 1.78. The third kappa shape index (κ3) is 2.84. The predicted octanol–water partition coefficient (Wildman–Crippen LogP) is 1.33. The number of thiazole rings is 1. The van der Waals surface area contributed by atoms with Crippen molar-refractivity contribution in [2.24, 2.45) is 5.73 Å². The van der Waals surface area contributed by atoms with Gasteiger partial charge in [0, 0.05) is 11.9 Å². The van der Waals surface area contributed by atoms with Gasteiger partial charge < -0.3 is 10.6 Å². The molecule has 1 unspecified atom stereocenters. The van der Waals surface area contributed by atoms with Gasteiger partial charge in [0.25, 0.3) is 0 Å². The standard InChI is InChI=1S/C12H19N3OS/c1-8(13)12(16)15(2)7-11-14-9-5-3-4-6-10(9)17-11/h8H,3-7,13H2,1-2H3. The van der Waals surface area contributed by atoms with E-state index in [9.17, 15) is 4.79 Å². The molecule has 4 nitrogen and oxygen atoms in total. The average molecular weight is 253 g/mol. The second-order valence-electron chi connectivity index (χ2n) is 4.67. The summed E-state index contributed by atoms with van der Waals surface area (Å²) < 4.78 is 0. The van der Waals surface area contributed by atoms with E-state index in [0.717, 1.165) is 17.8 Å². The minimum Gasteiger partial charge on any atom is -0.338 e. The molecule has 1 heterocycles. The number of aryl methyl sites for hydroxylation is 2. The summed E-state index contributed by atoms with van der Waals surface area (Å²) in [5.41, 5.74) is 6.83. The van der Waals surface area contributed by atoms with E-state index in [4.69, 9.17) is 5.73 Å². The fourth-order valence-electron chi connectivity index (χ4n) is 2.10. The second-order valence-corrected chi connectivity index (χ2v) is 5.84. The van der Waals surface area contributed by atoms with Crippen LogP contribution >= 0.6 is 11.3 Å². The van der Waals surface area contributed by atoms with Gasteiger partial charge in [0.2, 0.25) is 5.91 Å². The molecule has 0 fully saturated rings. The van der Waals surface area contributed by atoms with Gasteiger partial charge in [-0.3, -0.25) is 4.79 Å². The molecule has 0 aromatic carbocycles. The maximum Gasteiger partial charge on any atom is 0.239 e. The number of likely N-dealkylation sites (N-methyl/N-ethyl adjacent to an activating group) is 1. The quantitative estimate of drug-likeness (QED) is 0.884. The van der Waals surface area contributed by atoms with Gasteiger partial charge in [-0.1, -0.05) is 0 Å². The highest BCUT2D eigenvalue weighted by Crippen LogP contribution is 2.27. The highest BCUT2D eigenvalue weighted by atomic mass is 32.1. The van der Waals surface area contributed by atoms with Crippen LogP contribution < -0.4 is 5.73 Å². The number of fused-ring (bicyclic) bond motifs is 1. The molecular weight excluding hydrogens is 234 g/mol. The molecule has 1 aliphatic carbocycles. The Bertz CT molecular complexity index is 390. The van der Waals surface area contributed by atoms with Crippen LogP contribution in [0.5, 0.6) is 0 Å². The van der Waals surface area contributed by atoms with Crippen LogP contribution in [0.25, 0.3) is 0 Å². The molecule has 0 spiro atoms. The highest BCUT2D eigenvalue weighted by Gasteiger charge is 2.18. The second kappa shape index (κ2) is 5.14. The SMILES string of the molecule is CC(N)C(=O)N(C)Cc1nc2c(s1)CCCC2. The van der Waals surface area contributed by atoms with Crippen molar-refractivity contribution in [1.82, 2.24) is 9.88 Å². The van der Waals surface area contributed by atoms with Crippen LogP contribution in [0.1, 0.15) is 35.3 Å². The zero-order chi connectivity index (χ0) is 12.4. The van der Waals surface area contributed by atoms with Crippen LogP contribution in [0.2, 0.25) is 0 Å². The Morgan fingerprint density at radius 2 is 2.24 bits per heavy atom. The molecule has 0 radical (unpaired) electrons. The van der Waals surface area contributed by atoms with Gasteiger partial charge in [0.05, 0.1) is 18.3 Å². The van der Waals surface area contributed by atoms with Crippen LogP contribution in [-0.4, -0.2) is 28.9 Å². The fourth-order valence-corrected chi connectivity index (χ4v) is 3.31. The summed E-state index contributed by atoms with van der Waals surface area (Å²) in [6.45, 7) is 2.30. The van der Waals surface area contributed by atoms with Crippen LogP contribution in [0.3, 0.4) is 0 Å². The van der Waals surface area contributed by atoms with Crippen molar-refractivity contribution in [3.05, 3.63) is 15.6 Å². The molecule has 2 rings (SSSR count). The Kier molecular flexibility index (Phi) is 3.79. The lowest BCUT2D eigenvalue weighted by molar-refractivity contribution is -0.131. The van der Waals surface area contributed by atoms with Crippen LogP contribution in [0.4, 0.5) is 0 Å². The zero-order valence-corrected chi connectivity index (χ0v) is 11.2. The fraction of sp³-hybridized carbons (Fsp3) is 0.667. The van der Waals surface area contributed by atoms with Crippen molar-refractivity contribution in [2.45, 2.75) is 45.2 Å². The molecule has 0 aliphatic heterocycles. The van der Waals surface area contributed by atoms with Gasteiger partial charge >= 0.3 is 0 Å². The molecular formula is C12H19N3OS. The molecule has 1 aromatic heterocycles. The molecule has 94 valence electrons. The Labute approximate surface area is 106 Å². The maximum atomic E-state index is 11.7. The molecule has 0 saturated carbocycles. The first-order valence-corrected chi connectivity index (χ1v) is 6.87. The van der Waals surface area contributed by atoms with Crippen LogP contribution in [0.15, 0.2) is 0 Å². The minimum atomic E-state index is -0.436. The normalized spacial score (nSPS) is 16.4. The number of nitrogens with zero attached hydrogens (tertiary/aromatic N) is 2. The van der Waals surface area contributed by atoms with Gasteiger partial charge in [-0.2, -0.15) is 0 Å². The van der Waals surface area contributed by atoms with E-state index in [2.05, 4.69) is 4.98 Å². The Morgan fingerprint density at radius 1 is 1.53 bits per heavy atom. The number of nitrogens with two attached hydrogens (primary N) is 1. The van der Waals surface area contributed by atoms with Gasteiger partial charge in [-0.25, -0.2) is 4.98 Å². The number of carbonyl (C=O) groups is 1. The molecule has 0 bridgehead atoms. The van der Waals surface area contributed by atoms with E-state index in [1.165, 1.54) is 23.4 Å². The van der Waals surface area contributed by atoms with E-state index >= 15 is 0 Å². The number of carbonyl (C=O) groups excluding carboxylic acids is 1. The third-order valence-corrected chi connectivity index (χ3v) is 4.17. The summed E-state index contributed by atoms with van der Waals surface area (Å²) in [5.74, 6) is -0.0295. The third-order valence-electron chi connectivity index (χ3n) is 3.03. The van der Waals surface area contributed by atoms with Crippen LogP contribution in [-0.2, 0) is 24.2 Å². The lowest BCUT2D eigenvalue weighted by Gasteiger charge is -2.17. The Balaban J connectivity index is 2.03. The summed E-state index contributed by atoms with van der Waals surface area (Å²) in [6.07, 6.45) is 4.75. The van der Waals surface area contributed by atoms with E-state index < -0.39 is 6.04 Å². The van der Waals surface area contributed by atoms with Crippen molar-refractivity contribution in [3.63, 3.8) is 0 Å². The van der Waals surface area contributed by atoms with Gasteiger partial charge in [-0.15, -0.1) is 11.3 Å². The highest BCUT2D eigenvalue weighted by molar-refractivity contribution is 7.11. The summed E-state index contributed by atoms with van der Waals surface area (Å²) in [4.78, 5) is 19.4. The molecule has 1 amide bonds. The first kappa shape index (κ1) is 12.5. The topological polar surface area (TPSA) is 59.2 Å². The molecule has 2 N–H and O–H groups in total. The van der Waals surface area contributed by atoms with Crippen molar-refractivity contribution < 1.29 is 4.79 Å². The van der Waals surface area contributed by atoms with Crippen molar-refractivity contribution >= 4 is 17.2 Å². The van der Waals surface area contributed by atoms with Gasteiger partial charge in [0.1, 0.15) is 5.01 Å². The molecule has 17 heavy (non-hydrogen) atoms. The molecule has 1 aromatic rings. The largest absolute Gasteiger partial charge is 0.338 e. The maximum absolute atomic E-state index is 11.7. The summed E-state index contributed by atoms with van der Waals surface area (Å²) in [6, 6.07) is -0.436. The Hall–Kier alpha value is -0.940. The van der Waals surface area contributed by atoms with Crippen molar-refractivity contribution in [2.75, 3.05) is 7.05 Å². The van der Waals surface area contributed by atoms with E-state index in [1.807, 2.05) is 0 Å². The summed E-state index contributed by atoms with van der Waals surface area (Å²) >= 11 is 1.75. The minimum absolute atomic E-state index is 0.0295. The lowest BCUT2D eigenvalue weighted by Crippen LogP contribution is -2.39. The number of hydrogen-bond donors (Lipinski definition) is 1. The first-order chi connectivity index (χ1) is 8.08. The lowest BCUT2D eigenvalue weighted by atomic mass is 10.0. The number of rotatable bonds is 3. The zero-order valence-electron chi connectivity index (χ0n) is 10.4. The number of hydrogen-bond acceptors (Lipinski definition) is 4. The first-order valence-electron chi connectivity index (χ1n) is 6.06. The predicted molar refractivity (Wildman–Crippen MR) is 68.9 cm³/mol. The van der Waals surface area contributed by atoms with Gasteiger partial charge in [-0.05, 0) is 32.6 Å². The number of aromatic nitrogens is 1. The van der Waals surface area contributed by atoms with E-state index in [0.29, 0.717) is 6.54 Å². The van der Waals surface area contributed by atoms with Crippen LogP contribution in [0, 0.1) is 0 Å². The molecule has 1 atom stereocenters. The van der Waals surface area contributed by atoms with Crippen molar-refractivity contribution in [1.29, 1.82) is 0 Å². The molecule has 5 heteroatoms. The number of amides is 1. The smallest absolute Gasteiger partial charge is 0.239 e. The summed E-state index contributed by atoms with van der Waals surface area (Å²) in [5, 5.41) is 1.04. The van der Waals surface area contributed by atoms with Crippen molar-refractivity contribution in [3.8, 4) is 0 Å². The van der Waals surface area contributed by atoms with Gasteiger partial charge in [0.15, 0.2) is 0 Å². The molecule has 1 aliphatic rings. The van der Waals surface area contributed by atoms with E-state index in [-0.39, 0.29) is 5.91 Å². The molecule has 0 saturated heterocycles.